The fraction of sp³-hybridized carbons (Fsp3) is 0.455. The number of halogens is 4. The molecule has 2 aromatic rings. The molecule has 1 N–H and O–H groups in total. The average molecular weight is 441 g/mol. The van der Waals surface area contributed by atoms with E-state index in [1.165, 1.54) is 36.0 Å². The Kier molecular flexibility index (Phi) is 5.87. The molecule has 1 fully saturated rings. The van der Waals surface area contributed by atoms with E-state index in [9.17, 15) is 22.7 Å². The summed E-state index contributed by atoms with van der Waals surface area (Å²) >= 11 is 1.20. The van der Waals surface area contributed by atoms with Crippen LogP contribution in [0, 0.1) is 5.82 Å². The van der Waals surface area contributed by atoms with Crippen LogP contribution >= 0.6 is 11.8 Å². The van der Waals surface area contributed by atoms with Crippen LogP contribution in [-0.2, 0) is 11.8 Å². The van der Waals surface area contributed by atoms with Crippen LogP contribution in [0.15, 0.2) is 46.2 Å². The number of piperazine rings is 1. The van der Waals surface area contributed by atoms with Gasteiger partial charge in [0.05, 0.1) is 5.56 Å². The highest BCUT2D eigenvalue weighted by molar-refractivity contribution is 7.99. The number of benzene rings is 2. The second kappa shape index (κ2) is 8.15. The van der Waals surface area contributed by atoms with Crippen LogP contribution in [0.1, 0.15) is 29.5 Å². The molecule has 1 atom stereocenters. The third-order valence-electron chi connectivity index (χ3n) is 5.97. The first kappa shape index (κ1) is 21.6. The molecule has 1 saturated heterocycles. The maximum absolute atomic E-state index is 13.8. The zero-order valence-corrected chi connectivity index (χ0v) is 17.5. The number of nitrogens with zero attached hydrogens (tertiary/aromatic N) is 2. The molecule has 0 spiro atoms. The van der Waals surface area contributed by atoms with E-state index in [0.29, 0.717) is 21.8 Å². The van der Waals surface area contributed by atoms with Crippen molar-refractivity contribution in [2.45, 2.75) is 34.4 Å². The zero-order chi connectivity index (χ0) is 21.5. The van der Waals surface area contributed by atoms with E-state index >= 15 is 0 Å². The Balaban J connectivity index is 1.64. The molecule has 4 rings (SSSR count). The molecule has 0 radical (unpaired) electrons. The Morgan fingerprint density at radius 2 is 1.73 bits per heavy atom. The number of hydrogen-bond acceptors (Lipinski definition) is 4. The summed E-state index contributed by atoms with van der Waals surface area (Å²) in [7, 11) is 2.07. The summed E-state index contributed by atoms with van der Waals surface area (Å²) in [5.41, 5.74) is -1.65. The first-order valence-corrected chi connectivity index (χ1v) is 10.8. The Morgan fingerprint density at radius 1 is 1.00 bits per heavy atom. The minimum Gasteiger partial charge on any atom is -0.380 e. The minimum atomic E-state index is -4.50. The van der Waals surface area contributed by atoms with Crippen molar-refractivity contribution in [3.05, 3.63) is 58.9 Å². The van der Waals surface area contributed by atoms with E-state index in [1.54, 1.807) is 0 Å². The summed E-state index contributed by atoms with van der Waals surface area (Å²) in [6.07, 6.45) is -3.60. The van der Waals surface area contributed by atoms with Gasteiger partial charge in [-0.05, 0) is 56.8 Å². The van der Waals surface area contributed by atoms with Gasteiger partial charge in [0, 0.05) is 47.1 Å². The summed E-state index contributed by atoms with van der Waals surface area (Å²) in [6.45, 7) is 4.57. The highest BCUT2D eigenvalue weighted by Gasteiger charge is 2.41. The normalized spacial score (nSPS) is 22.6. The first-order valence-electron chi connectivity index (χ1n) is 10.00. The molecule has 30 heavy (non-hydrogen) atoms. The molecule has 0 saturated carbocycles. The lowest BCUT2D eigenvalue weighted by molar-refractivity contribution is -0.137. The van der Waals surface area contributed by atoms with E-state index in [-0.39, 0.29) is 12.0 Å². The van der Waals surface area contributed by atoms with Crippen molar-refractivity contribution in [2.24, 2.45) is 0 Å². The van der Waals surface area contributed by atoms with Crippen molar-refractivity contribution < 1.29 is 22.7 Å². The van der Waals surface area contributed by atoms with Crippen molar-refractivity contribution in [1.29, 1.82) is 0 Å². The van der Waals surface area contributed by atoms with Gasteiger partial charge in [0.2, 0.25) is 0 Å². The number of aliphatic hydroxyl groups is 1. The number of fused-ring (bicyclic) bond motifs is 2. The van der Waals surface area contributed by atoms with Gasteiger partial charge in [-0.25, -0.2) is 4.39 Å². The molecule has 162 valence electrons. The predicted octanol–water partition coefficient (Wildman–Crippen LogP) is 4.57. The molecule has 2 aliphatic rings. The molecule has 0 amide bonds. The number of likely N-dealkylation sites (N-methyl/N-ethyl adjacent to an activating group) is 1. The van der Waals surface area contributed by atoms with Crippen LogP contribution in [0.5, 0.6) is 0 Å². The lowest BCUT2D eigenvalue weighted by Gasteiger charge is -2.38. The van der Waals surface area contributed by atoms with Gasteiger partial charge < -0.3 is 14.9 Å². The third kappa shape index (κ3) is 4.23. The first-order chi connectivity index (χ1) is 14.2. The number of rotatable bonds is 4. The molecule has 1 unspecified atom stereocenters. The maximum Gasteiger partial charge on any atom is 0.416 e. The van der Waals surface area contributed by atoms with Crippen molar-refractivity contribution in [3.63, 3.8) is 0 Å². The molecule has 0 aromatic heterocycles. The summed E-state index contributed by atoms with van der Waals surface area (Å²) in [4.78, 5) is 5.63. The van der Waals surface area contributed by atoms with Crippen molar-refractivity contribution in [1.82, 2.24) is 9.80 Å². The molecule has 0 aliphatic carbocycles. The quantitative estimate of drug-likeness (QED) is 0.705. The smallest absolute Gasteiger partial charge is 0.380 e. The predicted molar refractivity (Wildman–Crippen MR) is 108 cm³/mol. The van der Waals surface area contributed by atoms with Crippen LogP contribution in [0.4, 0.5) is 17.6 Å². The molecule has 2 aromatic carbocycles. The van der Waals surface area contributed by atoms with E-state index in [0.717, 1.165) is 44.9 Å². The monoisotopic (exact) mass is 440 g/mol. The van der Waals surface area contributed by atoms with Gasteiger partial charge >= 0.3 is 6.18 Å². The summed E-state index contributed by atoms with van der Waals surface area (Å²) in [5.74, 6) is -0.434. The van der Waals surface area contributed by atoms with Crippen molar-refractivity contribution >= 4 is 11.8 Å². The summed E-state index contributed by atoms with van der Waals surface area (Å²) in [5, 5.41) is 11.7. The minimum absolute atomic E-state index is 0.250. The fourth-order valence-electron chi connectivity index (χ4n) is 4.20. The highest BCUT2D eigenvalue weighted by Crippen LogP contribution is 2.51. The van der Waals surface area contributed by atoms with E-state index < -0.39 is 23.2 Å². The zero-order valence-electron chi connectivity index (χ0n) is 16.7. The van der Waals surface area contributed by atoms with Gasteiger partial charge in [0.15, 0.2) is 0 Å². The van der Waals surface area contributed by atoms with Crippen molar-refractivity contribution in [2.75, 3.05) is 39.8 Å². The Morgan fingerprint density at radius 3 is 2.43 bits per heavy atom. The van der Waals surface area contributed by atoms with E-state index in [1.807, 2.05) is 0 Å². The van der Waals surface area contributed by atoms with Crippen molar-refractivity contribution in [3.8, 4) is 0 Å². The van der Waals surface area contributed by atoms with E-state index in [4.69, 9.17) is 0 Å². The standard InChI is InChI=1S/C22H24F4N2OS/c1-27-9-11-28(12-10-27)8-2-7-21(29)17-5-4-16(23)14-20(17)30-19-6-3-15(13-18(19)21)22(24,25)26/h3-6,13-14,29H,2,7-12H2,1H3. The molecule has 3 nitrogen and oxygen atoms in total. The molecule has 0 bridgehead atoms. The van der Waals surface area contributed by atoms with Gasteiger partial charge in [-0.2, -0.15) is 13.2 Å². The van der Waals surface area contributed by atoms with Crippen LogP contribution in [-0.4, -0.2) is 54.7 Å². The highest BCUT2D eigenvalue weighted by atomic mass is 32.2. The van der Waals surface area contributed by atoms with Crippen LogP contribution < -0.4 is 0 Å². The second-order valence-corrected chi connectivity index (χ2v) is 9.14. The second-order valence-electron chi connectivity index (χ2n) is 8.06. The third-order valence-corrected chi connectivity index (χ3v) is 7.10. The van der Waals surface area contributed by atoms with Crippen LogP contribution in [0.2, 0.25) is 0 Å². The molecular formula is C22H24F4N2OS. The average Bonchev–Trinajstić information content (AvgIpc) is 2.68. The lowest BCUT2D eigenvalue weighted by atomic mass is 9.81. The lowest BCUT2D eigenvalue weighted by Crippen LogP contribution is -2.45. The van der Waals surface area contributed by atoms with E-state index in [2.05, 4.69) is 16.8 Å². The van der Waals surface area contributed by atoms with Gasteiger partial charge in [0.25, 0.3) is 0 Å². The fourth-order valence-corrected chi connectivity index (χ4v) is 5.43. The Labute approximate surface area is 177 Å². The molecule has 2 heterocycles. The van der Waals surface area contributed by atoms with Crippen LogP contribution in [0.3, 0.4) is 0 Å². The Hall–Kier alpha value is -1.61. The number of hydrogen-bond donors (Lipinski definition) is 1. The largest absolute Gasteiger partial charge is 0.416 e. The SMILES string of the molecule is CN1CCN(CCCC2(O)c3ccc(F)cc3Sc3ccc(C(F)(F)F)cc32)CC1. The maximum atomic E-state index is 13.8. The van der Waals surface area contributed by atoms with Gasteiger partial charge in [-0.3, -0.25) is 0 Å². The topological polar surface area (TPSA) is 26.7 Å². The van der Waals surface area contributed by atoms with Gasteiger partial charge in [0.1, 0.15) is 11.4 Å². The van der Waals surface area contributed by atoms with Gasteiger partial charge in [-0.1, -0.05) is 17.8 Å². The Bertz CT molecular complexity index is 928. The molecular weight excluding hydrogens is 416 g/mol. The summed E-state index contributed by atoms with van der Waals surface area (Å²) < 4.78 is 53.8. The molecule has 8 heteroatoms. The number of alkyl halides is 3. The van der Waals surface area contributed by atoms with Gasteiger partial charge in [-0.15, -0.1) is 0 Å². The summed E-state index contributed by atoms with van der Waals surface area (Å²) in [6, 6.07) is 7.53. The molecule has 2 aliphatic heterocycles. The van der Waals surface area contributed by atoms with Crippen LogP contribution in [0.25, 0.3) is 0 Å².